The summed E-state index contributed by atoms with van der Waals surface area (Å²) in [5.74, 6) is 0.472. The number of fused-ring (bicyclic) bond motifs is 2. The molecular formula is C18H17N3O3. The number of nitrogens with one attached hydrogen (secondary N) is 3. The first-order valence-electron chi connectivity index (χ1n) is 7.79. The lowest BCUT2D eigenvalue weighted by Gasteiger charge is -2.12. The largest absolute Gasteiger partial charge is 0.497 e. The minimum absolute atomic E-state index is 0.0624. The van der Waals surface area contributed by atoms with Gasteiger partial charge in [0.1, 0.15) is 5.75 Å². The first-order chi connectivity index (χ1) is 11.6. The summed E-state index contributed by atoms with van der Waals surface area (Å²) in [6.45, 7) is 2.52. The van der Waals surface area contributed by atoms with Gasteiger partial charge in [-0.25, -0.2) is 0 Å². The van der Waals surface area contributed by atoms with Crippen molar-refractivity contribution in [2.24, 2.45) is 0 Å². The van der Waals surface area contributed by atoms with E-state index in [0.717, 1.165) is 34.6 Å². The molecule has 2 aliphatic rings. The third-order valence-corrected chi connectivity index (χ3v) is 4.55. The van der Waals surface area contributed by atoms with Crippen LogP contribution in [0.15, 0.2) is 18.2 Å². The number of aromatic amines is 1. The van der Waals surface area contributed by atoms with Crippen molar-refractivity contribution in [3.63, 3.8) is 0 Å². The second kappa shape index (κ2) is 5.26. The summed E-state index contributed by atoms with van der Waals surface area (Å²) in [5, 5.41) is 5.70. The van der Waals surface area contributed by atoms with Gasteiger partial charge in [0, 0.05) is 35.6 Å². The van der Waals surface area contributed by atoms with Crippen LogP contribution in [0.25, 0.3) is 11.6 Å². The second-order valence-electron chi connectivity index (χ2n) is 5.95. The van der Waals surface area contributed by atoms with E-state index in [9.17, 15) is 9.59 Å². The van der Waals surface area contributed by atoms with E-state index in [4.69, 9.17) is 4.74 Å². The number of amides is 2. The van der Waals surface area contributed by atoms with Crippen LogP contribution in [0.3, 0.4) is 0 Å². The summed E-state index contributed by atoms with van der Waals surface area (Å²) < 4.78 is 5.25. The Labute approximate surface area is 138 Å². The van der Waals surface area contributed by atoms with Crippen LogP contribution in [0.4, 0.5) is 5.69 Å². The number of aromatic nitrogens is 1. The number of hydrogen-bond acceptors (Lipinski definition) is 3. The SMILES string of the molecule is COc1ccc2c(c1)/C(=C/c1[nH]c3c(c1C)C(=O)NCC3)C(=O)N2. The molecule has 0 radical (unpaired) electrons. The molecule has 6 heteroatoms. The average Bonchev–Trinajstić information content (AvgIpc) is 3.06. The predicted octanol–water partition coefficient (Wildman–Crippen LogP) is 2.11. The van der Waals surface area contributed by atoms with E-state index in [1.165, 1.54) is 0 Å². The van der Waals surface area contributed by atoms with Gasteiger partial charge in [-0.05, 0) is 36.8 Å². The average molecular weight is 323 g/mol. The van der Waals surface area contributed by atoms with E-state index < -0.39 is 0 Å². The van der Waals surface area contributed by atoms with E-state index in [-0.39, 0.29) is 11.8 Å². The van der Waals surface area contributed by atoms with E-state index in [2.05, 4.69) is 15.6 Å². The Morgan fingerprint density at radius 3 is 2.79 bits per heavy atom. The number of benzene rings is 1. The number of rotatable bonds is 2. The van der Waals surface area contributed by atoms with E-state index in [1.807, 2.05) is 31.2 Å². The zero-order chi connectivity index (χ0) is 16.8. The molecule has 1 aromatic carbocycles. The van der Waals surface area contributed by atoms with Gasteiger partial charge in [-0.15, -0.1) is 0 Å². The molecule has 0 bridgehead atoms. The van der Waals surface area contributed by atoms with E-state index in [1.54, 1.807) is 7.11 Å². The molecule has 0 fully saturated rings. The number of H-pyrrole nitrogens is 1. The van der Waals surface area contributed by atoms with Crippen LogP contribution < -0.4 is 15.4 Å². The summed E-state index contributed by atoms with van der Waals surface area (Å²) in [6, 6.07) is 5.47. The van der Waals surface area contributed by atoms with Gasteiger partial charge < -0.3 is 20.4 Å². The number of hydrogen-bond donors (Lipinski definition) is 3. The number of methoxy groups -OCH3 is 1. The molecule has 0 spiro atoms. The molecular weight excluding hydrogens is 306 g/mol. The molecule has 0 aliphatic carbocycles. The van der Waals surface area contributed by atoms with Gasteiger partial charge in [-0.1, -0.05) is 0 Å². The normalized spacial score (nSPS) is 17.3. The minimum Gasteiger partial charge on any atom is -0.497 e. The van der Waals surface area contributed by atoms with Crippen LogP contribution in [-0.4, -0.2) is 30.5 Å². The van der Waals surface area contributed by atoms with Crippen LogP contribution in [0.2, 0.25) is 0 Å². The van der Waals surface area contributed by atoms with Gasteiger partial charge in [0.25, 0.3) is 11.8 Å². The summed E-state index contributed by atoms with van der Waals surface area (Å²) in [5.41, 5.74) is 5.39. The Kier molecular flexibility index (Phi) is 3.19. The van der Waals surface area contributed by atoms with Crippen molar-refractivity contribution < 1.29 is 14.3 Å². The number of anilines is 1. The smallest absolute Gasteiger partial charge is 0.256 e. The highest BCUT2D eigenvalue weighted by atomic mass is 16.5. The fourth-order valence-electron chi connectivity index (χ4n) is 3.29. The van der Waals surface area contributed by atoms with E-state index >= 15 is 0 Å². The minimum atomic E-state index is -0.158. The van der Waals surface area contributed by atoms with Crippen LogP contribution in [0.1, 0.15) is 32.9 Å². The molecule has 122 valence electrons. The fraction of sp³-hybridized carbons (Fsp3) is 0.222. The van der Waals surface area contributed by atoms with Crippen molar-refractivity contribution >= 4 is 29.2 Å². The first-order valence-corrected chi connectivity index (χ1v) is 7.79. The second-order valence-corrected chi connectivity index (χ2v) is 5.95. The Morgan fingerprint density at radius 2 is 2.04 bits per heavy atom. The third kappa shape index (κ3) is 2.11. The summed E-state index contributed by atoms with van der Waals surface area (Å²) in [4.78, 5) is 27.7. The molecule has 0 saturated heterocycles. The number of carbonyl (C=O) groups is 2. The number of carbonyl (C=O) groups excluding carboxylic acids is 2. The summed E-state index contributed by atoms with van der Waals surface area (Å²) in [6.07, 6.45) is 2.57. The maximum absolute atomic E-state index is 12.3. The number of ether oxygens (including phenoxy) is 1. The van der Waals surface area contributed by atoms with Crippen molar-refractivity contribution in [2.75, 3.05) is 19.0 Å². The molecule has 0 saturated carbocycles. The molecule has 3 N–H and O–H groups in total. The molecule has 0 unspecified atom stereocenters. The van der Waals surface area contributed by atoms with Crippen LogP contribution in [0, 0.1) is 6.92 Å². The van der Waals surface area contributed by atoms with Crippen molar-refractivity contribution in [3.8, 4) is 5.75 Å². The molecule has 2 aromatic rings. The van der Waals surface area contributed by atoms with Gasteiger partial charge in [0.05, 0.1) is 18.2 Å². The zero-order valence-electron chi connectivity index (χ0n) is 13.4. The third-order valence-electron chi connectivity index (χ3n) is 4.55. The van der Waals surface area contributed by atoms with Crippen molar-refractivity contribution in [2.45, 2.75) is 13.3 Å². The van der Waals surface area contributed by atoms with Crippen molar-refractivity contribution in [1.82, 2.24) is 10.3 Å². The zero-order valence-corrected chi connectivity index (χ0v) is 13.4. The predicted molar refractivity (Wildman–Crippen MR) is 91.1 cm³/mol. The molecule has 1 aromatic heterocycles. The molecule has 24 heavy (non-hydrogen) atoms. The Morgan fingerprint density at radius 1 is 1.21 bits per heavy atom. The van der Waals surface area contributed by atoms with E-state index in [0.29, 0.717) is 23.4 Å². The van der Waals surface area contributed by atoms with Gasteiger partial charge in [0.15, 0.2) is 0 Å². The highest BCUT2D eigenvalue weighted by molar-refractivity contribution is 6.35. The van der Waals surface area contributed by atoms with Crippen molar-refractivity contribution in [1.29, 1.82) is 0 Å². The van der Waals surface area contributed by atoms with Gasteiger partial charge in [0.2, 0.25) is 0 Å². The summed E-state index contributed by atoms with van der Waals surface area (Å²) in [7, 11) is 1.59. The first kappa shape index (κ1) is 14.6. The van der Waals surface area contributed by atoms with Crippen molar-refractivity contribution in [3.05, 3.63) is 46.3 Å². The molecule has 6 nitrogen and oxygen atoms in total. The van der Waals surface area contributed by atoms with Gasteiger partial charge in [-0.2, -0.15) is 0 Å². The molecule has 2 aliphatic heterocycles. The van der Waals surface area contributed by atoms with Gasteiger partial charge in [-0.3, -0.25) is 9.59 Å². The Hall–Kier alpha value is -3.02. The Balaban J connectivity index is 1.83. The maximum Gasteiger partial charge on any atom is 0.256 e. The highest BCUT2D eigenvalue weighted by Crippen LogP contribution is 2.36. The molecule has 0 atom stereocenters. The van der Waals surface area contributed by atoms with Crippen LogP contribution in [0.5, 0.6) is 5.75 Å². The molecule has 2 amide bonds. The fourth-order valence-corrected chi connectivity index (χ4v) is 3.29. The van der Waals surface area contributed by atoms with Gasteiger partial charge >= 0.3 is 0 Å². The topological polar surface area (TPSA) is 83.2 Å². The lowest BCUT2D eigenvalue weighted by molar-refractivity contribution is -0.110. The maximum atomic E-state index is 12.3. The summed E-state index contributed by atoms with van der Waals surface area (Å²) >= 11 is 0. The lowest BCUT2D eigenvalue weighted by Crippen LogP contribution is -2.31. The molecule has 4 rings (SSSR count). The monoisotopic (exact) mass is 323 g/mol. The molecule has 3 heterocycles. The Bertz CT molecular complexity index is 908. The van der Waals surface area contributed by atoms with Crippen LogP contribution in [-0.2, 0) is 11.2 Å². The standard InChI is InChI=1S/C18H17N3O3/c1-9-15(20-14-5-6-19-18(23)16(9)14)8-12-11-7-10(24-2)3-4-13(11)21-17(12)22/h3-4,7-8,20H,5-6H2,1-2H3,(H,19,23)(H,21,22)/b12-8-. The quantitative estimate of drug-likeness (QED) is 0.740. The van der Waals surface area contributed by atoms with Crippen LogP contribution >= 0.6 is 0 Å². The highest BCUT2D eigenvalue weighted by Gasteiger charge is 2.27. The lowest BCUT2D eigenvalue weighted by atomic mass is 10.0.